The van der Waals surface area contributed by atoms with Crippen LogP contribution in [0.1, 0.15) is 43.4 Å². The first-order valence-electron chi connectivity index (χ1n) is 11.6. The Balaban J connectivity index is 1.57. The molecule has 3 aliphatic rings. The molecule has 7 nitrogen and oxygen atoms in total. The van der Waals surface area contributed by atoms with Crippen LogP contribution in [0.3, 0.4) is 0 Å². The van der Waals surface area contributed by atoms with Gasteiger partial charge >= 0.3 is 5.97 Å². The maximum atomic E-state index is 13.2. The number of rotatable bonds is 5. The summed E-state index contributed by atoms with van der Waals surface area (Å²) in [5.74, 6) is -0.846. The molecule has 2 bridgehead atoms. The highest BCUT2D eigenvalue weighted by atomic mass is 16.5. The lowest BCUT2D eigenvalue weighted by atomic mass is 9.64. The Morgan fingerprint density at radius 2 is 2.06 bits per heavy atom. The maximum Gasteiger partial charge on any atom is 0.319 e. The Kier molecular flexibility index (Phi) is 5.52. The van der Waals surface area contributed by atoms with Crippen LogP contribution >= 0.6 is 0 Å². The Morgan fingerprint density at radius 1 is 1.27 bits per heavy atom. The van der Waals surface area contributed by atoms with Crippen LogP contribution in [-0.2, 0) is 14.3 Å². The summed E-state index contributed by atoms with van der Waals surface area (Å²) in [6.07, 6.45) is 0.637. The topological polar surface area (TPSA) is 77.1 Å². The largest absolute Gasteiger partial charge is 0.497 e. The summed E-state index contributed by atoms with van der Waals surface area (Å²) < 4.78 is 17.3. The number of likely N-dealkylation sites (tertiary alicyclic amines) is 1. The minimum absolute atomic E-state index is 0.107. The summed E-state index contributed by atoms with van der Waals surface area (Å²) >= 11 is 0. The van der Waals surface area contributed by atoms with E-state index in [0.717, 1.165) is 12.1 Å². The molecule has 2 aromatic carbocycles. The maximum absolute atomic E-state index is 13.2. The molecule has 5 rings (SSSR count). The number of nitrogens with one attached hydrogen (secondary N) is 1. The Labute approximate surface area is 194 Å². The van der Waals surface area contributed by atoms with Gasteiger partial charge in [-0.15, -0.1) is 0 Å². The first-order valence-corrected chi connectivity index (χ1v) is 11.6. The fraction of sp³-hybridized carbons (Fsp3) is 0.462. The minimum Gasteiger partial charge on any atom is -0.497 e. The second-order valence-electron chi connectivity index (χ2n) is 9.08. The zero-order valence-electron chi connectivity index (χ0n) is 19.2. The lowest BCUT2D eigenvalue weighted by molar-refractivity contribution is -0.176. The van der Waals surface area contributed by atoms with Crippen molar-refractivity contribution in [3.8, 4) is 11.5 Å². The molecule has 4 unspecified atom stereocenters. The average Bonchev–Trinajstić information content (AvgIpc) is 2.83. The van der Waals surface area contributed by atoms with Crippen LogP contribution in [0.15, 0.2) is 48.5 Å². The predicted octanol–water partition coefficient (Wildman–Crippen LogP) is 3.26. The number of fused-ring (bicyclic) bond motifs is 2. The summed E-state index contributed by atoms with van der Waals surface area (Å²) in [5, 5.41) is 3.10. The minimum atomic E-state index is -0.926. The van der Waals surface area contributed by atoms with E-state index in [0.29, 0.717) is 24.5 Å². The number of esters is 1. The van der Waals surface area contributed by atoms with Crippen molar-refractivity contribution in [3.05, 3.63) is 59.7 Å². The van der Waals surface area contributed by atoms with Crippen LogP contribution < -0.4 is 14.8 Å². The summed E-state index contributed by atoms with van der Waals surface area (Å²) in [5.41, 5.74) is 1.24. The van der Waals surface area contributed by atoms with Gasteiger partial charge in [-0.3, -0.25) is 14.5 Å². The lowest BCUT2D eigenvalue weighted by Crippen LogP contribution is -2.73. The molecule has 3 heterocycles. The molecule has 0 radical (unpaired) electrons. The Morgan fingerprint density at radius 3 is 2.79 bits per heavy atom. The van der Waals surface area contributed by atoms with Gasteiger partial charge < -0.3 is 19.5 Å². The highest BCUT2D eigenvalue weighted by molar-refractivity contribution is 6.00. The van der Waals surface area contributed by atoms with Crippen LogP contribution in [0.2, 0.25) is 0 Å². The van der Waals surface area contributed by atoms with Crippen molar-refractivity contribution in [2.75, 3.05) is 26.8 Å². The number of ether oxygens (including phenoxy) is 3. The molecule has 0 aromatic heterocycles. The quantitative estimate of drug-likeness (QED) is 0.557. The van der Waals surface area contributed by atoms with E-state index in [-0.39, 0.29) is 30.4 Å². The molecule has 0 spiro atoms. The molecule has 5 atom stereocenters. The summed E-state index contributed by atoms with van der Waals surface area (Å²) in [7, 11) is 1.61. The van der Waals surface area contributed by atoms with E-state index in [2.05, 4.69) is 41.4 Å². The number of piperidine rings is 2. The second-order valence-corrected chi connectivity index (χ2v) is 9.08. The molecule has 2 saturated heterocycles. The van der Waals surface area contributed by atoms with Crippen LogP contribution in [0, 0.1) is 11.8 Å². The normalized spacial score (nSPS) is 29.1. The van der Waals surface area contributed by atoms with Crippen LogP contribution in [-0.4, -0.2) is 49.3 Å². The van der Waals surface area contributed by atoms with Gasteiger partial charge in [0.2, 0.25) is 5.91 Å². The monoisotopic (exact) mass is 450 g/mol. The third-order valence-electron chi connectivity index (χ3n) is 7.45. The zero-order chi connectivity index (χ0) is 23.2. The molecule has 2 aromatic rings. The number of hydrogen-bond acceptors (Lipinski definition) is 6. The molecule has 0 saturated carbocycles. The zero-order valence-corrected chi connectivity index (χ0v) is 19.2. The molecule has 0 aliphatic carbocycles. The van der Waals surface area contributed by atoms with E-state index in [9.17, 15) is 9.59 Å². The van der Waals surface area contributed by atoms with Gasteiger partial charge in [0, 0.05) is 43.0 Å². The van der Waals surface area contributed by atoms with Crippen molar-refractivity contribution in [3.63, 3.8) is 0 Å². The molecule has 2 fully saturated rings. The highest BCUT2D eigenvalue weighted by Crippen LogP contribution is 2.54. The van der Waals surface area contributed by atoms with Gasteiger partial charge in [0.05, 0.1) is 13.7 Å². The number of benzene rings is 2. The number of carbonyl (C=O) groups is 2. The van der Waals surface area contributed by atoms with Gasteiger partial charge in [0.15, 0.2) is 5.72 Å². The first kappa shape index (κ1) is 21.8. The van der Waals surface area contributed by atoms with Gasteiger partial charge in [0.1, 0.15) is 17.4 Å². The van der Waals surface area contributed by atoms with Gasteiger partial charge in [-0.2, -0.15) is 0 Å². The summed E-state index contributed by atoms with van der Waals surface area (Å²) in [4.78, 5) is 28.7. The van der Waals surface area contributed by atoms with Crippen molar-refractivity contribution in [1.82, 2.24) is 10.2 Å². The van der Waals surface area contributed by atoms with E-state index in [1.807, 2.05) is 24.3 Å². The van der Waals surface area contributed by atoms with Crippen molar-refractivity contribution < 1.29 is 23.8 Å². The fourth-order valence-electron chi connectivity index (χ4n) is 5.76. The molecule has 1 N–H and O–H groups in total. The first-order chi connectivity index (χ1) is 16.0. The van der Waals surface area contributed by atoms with E-state index in [4.69, 9.17) is 14.2 Å². The van der Waals surface area contributed by atoms with E-state index in [1.165, 1.54) is 5.56 Å². The van der Waals surface area contributed by atoms with Gasteiger partial charge in [-0.05, 0) is 37.6 Å². The van der Waals surface area contributed by atoms with Crippen molar-refractivity contribution >= 4 is 11.9 Å². The molecule has 1 amide bonds. The number of nitrogens with zero attached hydrogens (tertiary/aromatic N) is 1. The SMILES string of the molecule is CCOC(=O)C1C(=O)NC23CCN([C@@H](C)c4ccccc4)CC2C1c1cc(OC)ccc1O3. The molecule has 3 aliphatic heterocycles. The number of amides is 1. The molecule has 174 valence electrons. The van der Waals surface area contributed by atoms with Crippen molar-refractivity contribution in [2.45, 2.75) is 38.0 Å². The number of carbonyl (C=O) groups excluding carboxylic acids is 2. The number of hydrogen-bond donors (Lipinski definition) is 1. The Bertz CT molecular complexity index is 1060. The van der Waals surface area contributed by atoms with Gasteiger partial charge in [-0.1, -0.05) is 30.3 Å². The van der Waals surface area contributed by atoms with E-state index < -0.39 is 17.6 Å². The van der Waals surface area contributed by atoms with E-state index >= 15 is 0 Å². The highest BCUT2D eigenvalue weighted by Gasteiger charge is 2.62. The third kappa shape index (κ3) is 3.55. The Hall–Kier alpha value is -3.06. The smallest absolute Gasteiger partial charge is 0.319 e. The third-order valence-corrected chi connectivity index (χ3v) is 7.45. The standard InChI is InChI=1S/C26H30N2O5/c1-4-32-25(30)23-22-19-14-18(31-3)10-11-21(19)33-26(27-24(23)29)12-13-28(15-20(22)26)16(2)17-8-6-5-7-9-17/h5-11,14,16,20,22-23H,4,12-13,15H2,1-3H3,(H,27,29)/t16-,20?,22?,23?,26?/m0/s1. The van der Waals surface area contributed by atoms with Crippen molar-refractivity contribution in [1.29, 1.82) is 0 Å². The molecular weight excluding hydrogens is 420 g/mol. The van der Waals surface area contributed by atoms with Crippen LogP contribution in [0.5, 0.6) is 11.5 Å². The molecular formula is C26H30N2O5. The summed E-state index contributed by atoms with van der Waals surface area (Å²) in [6.45, 7) is 5.64. The number of methoxy groups -OCH3 is 1. The average molecular weight is 451 g/mol. The fourth-order valence-corrected chi connectivity index (χ4v) is 5.76. The van der Waals surface area contributed by atoms with Crippen molar-refractivity contribution in [2.24, 2.45) is 11.8 Å². The predicted molar refractivity (Wildman–Crippen MR) is 122 cm³/mol. The van der Waals surface area contributed by atoms with Crippen LogP contribution in [0.25, 0.3) is 0 Å². The molecule has 7 heteroatoms. The lowest BCUT2D eigenvalue weighted by Gasteiger charge is -2.58. The van der Waals surface area contributed by atoms with Crippen LogP contribution in [0.4, 0.5) is 0 Å². The van der Waals surface area contributed by atoms with Gasteiger partial charge in [0.25, 0.3) is 0 Å². The van der Waals surface area contributed by atoms with Gasteiger partial charge in [-0.25, -0.2) is 0 Å². The molecule has 33 heavy (non-hydrogen) atoms. The second kappa shape index (κ2) is 8.37. The van der Waals surface area contributed by atoms with E-state index in [1.54, 1.807) is 14.0 Å². The summed E-state index contributed by atoms with van der Waals surface area (Å²) in [6, 6.07) is 16.2.